The van der Waals surface area contributed by atoms with E-state index in [0.717, 1.165) is 17.5 Å². The lowest BCUT2D eigenvalue weighted by molar-refractivity contribution is -0.140. The molecule has 2 amide bonds. The topological polar surface area (TPSA) is 49.4 Å². The second kappa shape index (κ2) is 11.1. The highest BCUT2D eigenvalue weighted by Gasteiger charge is 2.28. The number of nitrogens with zero attached hydrogens (tertiary/aromatic N) is 1. The molecule has 0 saturated heterocycles. The second-order valence-electron chi connectivity index (χ2n) is 6.63. The van der Waals surface area contributed by atoms with Gasteiger partial charge in [-0.15, -0.1) is 0 Å². The van der Waals surface area contributed by atoms with Crippen molar-refractivity contribution in [1.29, 1.82) is 0 Å². The Morgan fingerprint density at radius 2 is 1.71 bits per heavy atom. The van der Waals surface area contributed by atoms with E-state index >= 15 is 0 Å². The van der Waals surface area contributed by atoms with Crippen LogP contribution in [-0.2, 0) is 22.6 Å². The van der Waals surface area contributed by atoms with Crippen molar-refractivity contribution < 1.29 is 9.59 Å². The van der Waals surface area contributed by atoms with Gasteiger partial charge < -0.3 is 10.2 Å². The third-order valence-electron chi connectivity index (χ3n) is 4.50. The molecule has 0 spiro atoms. The summed E-state index contributed by atoms with van der Waals surface area (Å²) in [5, 5.41) is 4.11. The number of hydrogen-bond donors (Lipinski definition) is 1. The number of amides is 2. The summed E-state index contributed by atoms with van der Waals surface area (Å²) in [5.74, 6) is -0.262. The highest BCUT2D eigenvalue weighted by Crippen LogP contribution is 2.21. The van der Waals surface area contributed by atoms with E-state index < -0.39 is 6.04 Å². The van der Waals surface area contributed by atoms with Crippen molar-refractivity contribution in [2.24, 2.45) is 0 Å². The molecular formula is C22H26Cl2N2O2. The van der Waals surface area contributed by atoms with Gasteiger partial charge in [0.15, 0.2) is 0 Å². The summed E-state index contributed by atoms with van der Waals surface area (Å²) in [6.45, 7) is 4.77. The standard InChI is InChI=1S/C22H26Cl2N2O2/c1-3-13-25-22(28)20(4-2)26(15-17-7-5-6-8-19(17)24)21(27)14-16-9-11-18(23)12-10-16/h5-12,20H,3-4,13-15H2,1-2H3,(H,25,28)/t20-/m1/s1. The Balaban J connectivity index is 2.27. The summed E-state index contributed by atoms with van der Waals surface area (Å²) >= 11 is 12.2. The fraction of sp³-hybridized carbons (Fsp3) is 0.364. The van der Waals surface area contributed by atoms with Gasteiger partial charge in [-0.05, 0) is 42.2 Å². The lowest BCUT2D eigenvalue weighted by Crippen LogP contribution is -2.49. The van der Waals surface area contributed by atoms with Crippen molar-refractivity contribution in [2.45, 2.75) is 45.7 Å². The minimum atomic E-state index is -0.553. The summed E-state index contributed by atoms with van der Waals surface area (Å²) in [6.07, 6.45) is 1.55. The Kier molecular flexibility index (Phi) is 8.81. The lowest BCUT2D eigenvalue weighted by Gasteiger charge is -2.31. The molecule has 1 atom stereocenters. The predicted octanol–water partition coefficient (Wildman–Crippen LogP) is 4.87. The molecular weight excluding hydrogens is 395 g/mol. The van der Waals surface area contributed by atoms with Gasteiger partial charge in [0.05, 0.1) is 6.42 Å². The molecule has 2 aromatic carbocycles. The number of halogens is 2. The Morgan fingerprint density at radius 1 is 1.04 bits per heavy atom. The zero-order valence-electron chi connectivity index (χ0n) is 16.3. The molecule has 0 radical (unpaired) electrons. The van der Waals surface area contributed by atoms with Crippen LogP contribution in [0.25, 0.3) is 0 Å². The van der Waals surface area contributed by atoms with Gasteiger partial charge in [0.2, 0.25) is 11.8 Å². The third kappa shape index (κ3) is 6.25. The van der Waals surface area contributed by atoms with E-state index in [1.165, 1.54) is 0 Å². The molecule has 0 bridgehead atoms. The van der Waals surface area contributed by atoms with Crippen molar-refractivity contribution in [3.63, 3.8) is 0 Å². The van der Waals surface area contributed by atoms with E-state index in [1.807, 2.05) is 44.2 Å². The van der Waals surface area contributed by atoms with Crippen LogP contribution in [-0.4, -0.2) is 29.3 Å². The number of benzene rings is 2. The van der Waals surface area contributed by atoms with Crippen LogP contribution in [0, 0.1) is 0 Å². The molecule has 28 heavy (non-hydrogen) atoms. The van der Waals surface area contributed by atoms with Gasteiger partial charge in [-0.2, -0.15) is 0 Å². The van der Waals surface area contributed by atoms with Crippen molar-refractivity contribution in [2.75, 3.05) is 6.54 Å². The fourth-order valence-electron chi connectivity index (χ4n) is 2.97. The Hall–Kier alpha value is -2.04. The van der Waals surface area contributed by atoms with Gasteiger partial charge in [-0.1, -0.05) is 67.4 Å². The average molecular weight is 421 g/mol. The van der Waals surface area contributed by atoms with E-state index in [2.05, 4.69) is 5.32 Å². The molecule has 1 N–H and O–H groups in total. The normalized spacial score (nSPS) is 11.7. The molecule has 0 aliphatic heterocycles. The molecule has 0 heterocycles. The van der Waals surface area contributed by atoms with Crippen LogP contribution < -0.4 is 5.32 Å². The molecule has 150 valence electrons. The quantitative estimate of drug-likeness (QED) is 0.628. The molecule has 0 unspecified atom stereocenters. The summed E-state index contributed by atoms with van der Waals surface area (Å²) in [4.78, 5) is 27.5. The van der Waals surface area contributed by atoms with Crippen molar-refractivity contribution >= 4 is 35.0 Å². The maximum Gasteiger partial charge on any atom is 0.242 e. The number of nitrogens with one attached hydrogen (secondary N) is 1. The predicted molar refractivity (Wildman–Crippen MR) is 115 cm³/mol. The van der Waals surface area contributed by atoms with E-state index in [4.69, 9.17) is 23.2 Å². The maximum atomic E-state index is 13.2. The SMILES string of the molecule is CCCNC(=O)[C@@H](CC)N(Cc1ccccc1Cl)C(=O)Cc1ccc(Cl)cc1. The number of rotatable bonds is 9. The molecule has 6 heteroatoms. The van der Waals surface area contributed by atoms with Crippen LogP contribution >= 0.6 is 23.2 Å². The zero-order chi connectivity index (χ0) is 20.5. The molecule has 0 aliphatic rings. The highest BCUT2D eigenvalue weighted by molar-refractivity contribution is 6.31. The molecule has 2 rings (SSSR count). The minimum Gasteiger partial charge on any atom is -0.354 e. The van der Waals surface area contributed by atoms with Crippen LogP contribution in [0.15, 0.2) is 48.5 Å². The molecule has 0 aliphatic carbocycles. The second-order valence-corrected chi connectivity index (χ2v) is 7.48. The third-order valence-corrected chi connectivity index (χ3v) is 5.12. The summed E-state index contributed by atoms with van der Waals surface area (Å²) in [7, 11) is 0. The monoisotopic (exact) mass is 420 g/mol. The fourth-order valence-corrected chi connectivity index (χ4v) is 3.30. The van der Waals surface area contributed by atoms with E-state index in [-0.39, 0.29) is 24.8 Å². The van der Waals surface area contributed by atoms with Gasteiger partial charge in [0.1, 0.15) is 6.04 Å². The largest absolute Gasteiger partial charge is 0.354 e. The van der Waals surface area contributed by atoms with Crippen LogP contribution in [0.1, 0.15) is 37.8 Å². The van der Waals surface area contributed by atoms with Crippen molar-refractivity contribution in [1.82, 2.24) is 10.2 Å². The first-order valence-corrected chi connectivity index (χ1v) is 10.3. The maximum absolute atomic E-state index is 13.2. The molecule has 2 aromatic rings. The van der Waals surface area contributed by atoms with E-state index in [0.29, 0.717) is 23.0 Å². The molecule has 0 aromatic heterocycles. The van der Waals surface area contributed by atoms with Gasteiger partial charge in [0, 0.05) is 23.1 Å². The lowest BCUT2D eigenvalue weighted by atomic mass is 10.1. The molecule has 0 saturated carbocycles. The van der Waals surface area contributed by atoms with Crippen LogP contribution in [0.2, 0.25) is 10.0 Å². The van der Waals surface area contributed by atoms with Crippen molar-refractivity contribution in [3.8, 4) is 0 Å². The molecule has 0 fully saturated rings. The summed E-state index contributed by atoms with van der Waals surface area (Å²) in [6, 6.07) is 14.0. The van der Waals surface area contributed by atoms with Gasteiger partial charge >= 0.3 is 0 Å². The van der Waals surface area contributed by atoms with Crippen molar-refractivity contribution in [3.05, 3.63) is 69.7 Å². The minimum absolute atomic E-state index is 0.124. The van der Waals surface area contributed by atoms with Crippen LogP contribution in [0.3, 0.4) is 0 Å². The van der Waals surface area contributed by atoms with Crippen LogP contribution in [0.4, 0.5) is 0 Å². The number of carbonyl (C=O) groups excluding carboxylic acids is 2. The first-order valence-electron chi connectivity index (χ1n) is 9.51. The van der Waals surface area contributed by atoms with Gasteiger partial charge in [-0.25, -0.2) is 0 Å². The van der Waals surface area contributed by atoms with Gasteiger partial charge in [0.25, 0.3) is 0 Å². The Labute approximate surface area is 176 Å². The number of carbonyl (C=O) groups is 2. The average Bonchev–Trinajstić information content (AvgIpc) is 2.69. The summed E-state index contributed by atoms with van der Waals surface area (Å²) < 4.78 is 0. The zero-order valence-corrected chi connectivity index (χ0v) is 17.8. The Bertz CT molecular complexity index is 793. The Morgan fingerprint density at radius 3 is 2.32 bits per heavy atom. The first-order chi connectivity index (χ1) is 13.5. The first kappa shape index (κ1) is 22.3. The van der Waals surface area contributed by atoms with Gasteiger partial charge in [-0.3, -0.25) is 9.59 Å². The smallest absolute Gasteiger partial charge is 0.242 e. The van der Waals surface area contributed by atoms with E-state index in [1.54, 1.807) is 23.1 Å². The van der Waals surface area contributed by atoms with Crippen LogP contribution in [0.5, 0.6) is 0 Å². The summed E-state index contributed by atoms with van der Waals surface area (Å²) in [5.41, 5.74) is 1.66. The molecule has 4 nitrogen and oxygen atoms in total. The highest BCUT2D eigenvalue weighted by atomic mass is 35.5. The number of hydrogen-bond acceptors (Lipinski definition) is 2. The van der Waals surface area contributed by atoms with E-state index in [9.17, 15) is 9.59 Å².